The number of hydrogen-bond donors (Lipinski definition) is 1. The summed E-state index contributed by atoms with van der Waals surface area (Å²) in [7, 11) is 1.38. The molecule has 0 aliphatic rings. The summed E-state index contributed by atoms with van der Waals surface area (Å²) in [5, 5.41) is 2.63. The Morgan fingerprint density at radius 1 is 1.44 bits per heavy atom. The van der Waals surface area contributed by atoms with Crippen molar-refractivity contribution >= 4 is 25.6 Å². The average molecular weight is 286 g/mol. The van der Waals surface area contributed by atoms with Gasteiger partial charge < -0.3 is 5.32 Å². The number of halogens is 1. The van der Waals surface area contributed by atoms with Crippen molar-refractivity contribution in [1.29, 1.82) is 0 Å². The summed E-state index contributed by atoms with van der Waals surface area (Å²) >= 11 is 0. The highest BCUT2D eigenvalue weighted by Gasteiger charge is 2.12. The van der Waals surface area contributed by atoms with Crippen LogP contribution in [0.4, 0.5) is 0 Å². The van der Waals surface area contributed by atoms with Crippen LogP contribution in [0.3, 0.4) is 0 Å². The maximum Gasteiger partial charge on any atom is 0.261 e. The van der Waals surface area contributed by atoms with Crippen molar-refractivity contribution in [3.63, 3.8) is 0 Å². The Kier molecular flexibility index (Phi) is 5.20. The molecular weight excluding hydrogens is 274 g/mol. The van der Waals surface area contributed by atoms with E-state index in [0.717, 1.165) is 0 Å². The summed E-state index contributed by atoms with van der Waals surface area (Å²) in [5.41, 5.74) is 0.251. The molecule has 0 bridgehead atoms. The molecule has 1 N–H and O–H groups in total. The quantitative estimate of drug-likeness (QED) is 0.521. The Labute approximate surface area is 111 Å². The van der Waals surface area contributed by atoms with Gasteiger partial charge in [-0.25, -0.2) is 8.42 Å². The Bertz CT molecular complexity index is 599. The van der Waals surface area contributed by atoms with Gasteiger partial charge >= 0.3 is 0 Å². The molecular formula is C12H12ClNO3S. The van der Waals surface area contributed by atoms with Gasteiger partial charge in [-0.1, -0.05) is 6.07 Å². The third-order valence-electron chi connectivity index (χ3n) is 2.09. The molecule has 0 fully saturated rings. The fraction of sp³-hybridized carbons (Fsp3) is 0.250. The van der Waals surface area contributed by atoms with Gasteiger partial charge in [-0.2, -0.15) is 0 Å². The van der Waals surface area contributed by atoms with E-state index in [0.29, 0.717) is 13.0 Å². The lowest BCUT2D eigenvalue weighted by molar-refractivity contribution is 0.0954. The van der Waals surface area contributed by atoms with E-state index in [1.807, 2.05) is 0 Å². The van der Waals surface area contributed by atoms with Crippen LogP contribution in [-0.2, 0) is 9.05 Å². The van der Waals surface area contributed by atoms with E-state index in [9.17, 15) is 13.2 Å². The summed E-state index contributed by atoms with van der Waals surface area (Å²) in [5.74, 6) is 5.17. The molecule has 0 spiro atoms. The van der Waals surface area contributed by atoms with E-state index in [4.69, 9.17) is 10.7 Å². The van der Waals surface area contributed by atoms with Crippen LogP contribution in [0.2, 0.25) is 0 Å². The number of carbonyl (C=O) groups is 1. The molecule has 1 aromatic rings. The number of hydrogen-bond acceptors (Lipinski definition) is 3. The molecule has 0 aliphatic heterocycles. The predicted molar refractivity (Wildman–Crippen MR) is 69.9 cm³/mol. The molecule has 0 saturated carbocycles. The van der Waals surface area contributed by atoms with Crippen molar-refractivity contribution in [3.8, 4) is 11.8 Å². The molecule has 0 saturated heterocycles. The number of amides is 1. The second-order valence-electron chi connectivity index (χ2n) is 3.40. The van der Waals surface area contributed by atoms with Gasteiger partial charge in [0.15, 0.2) is 0 Å². The van der Waals surface area contributed by atoms with Gasteiger partial charge in [0.1, 0.15) is 0 Å². The fourth-order valence-corrected chi connectivity index (χ4v) is 2.05. The van der Waals surface area contributed by atoms with Crippen LogP contribution in [-0.4, -0.2) is 20.9 Å². The first-order valence-electron chi connectivity index (χ1n) is 5.17. The Morgan fingerprint density at radius 2 is 2.17 bits per heavy atom. The lowest BCUT2D eigenvalue weighted by Gasteiger charge is -2.04. The molecule has 0 unspecified atom stereocenters. The Balaban J connectivity index is 2.77. The molecule has 0 radical (unpaired) electrons. The number of benzene rings is 1. The van der Waals surface area contributed by atoms with E-state index in [1.54, 1.807) is 6.92 Å². The van der Waals surface area contributed by atoms with E-state index < -0.39 is 9.05 Å². The molecule has 6 heteroatoms. The lowest BCUT2D eigenvalue weighted by Crippen LogP contribution is -2.24. The van der Waals surface area contributed by atoms with E-state index in [1.165, 1.54) is 24.3 Å². The minimum absolute atomic E-state index is 0.0924. The first-order valence-corrected chi connectivity index (χ1v) is 7.48. The molecule has 96 valence electrons. The average Bonchev–Trinajstić information content (AvgIpc) is 2.33. The first-order chi connectivity index (χ1) is 8.45. The van der Waals surface area contributed by atoms with Crippen LogP contribution in [0.15, 0.2) is 29.2 Å². The summed E-state index contributed by atoms with van der Waals surface area (Å²) in [4.78, 5) is 11.6. The molecule has 0 atom stereocenters. The van der Waals surface area contributed by atoms with Gasteiger partial charge in [-0.15, -0.1) is 11.8 Å². The molecule has 1 aromatic carbocycles. The SMILES string of the molecule is CC#CCCNC(=O)c1cccc(S(=O)(=O)Cl)c1. The second-order valence-corrected chi connectivity index (χ2v) is 5.96. The van der Waals surface area contributed by atoms with Gasteiger partial charge in [-0.05, 0) is 25.1 Å². The highest BCUT2D eigenvalue weighted by molar-refractivity contribution is 8.13. The van der Waals surface area contributed by atoms with Gasteiger partial charge in [0.05, 0.1) is 4.90 Å². The first kappa shape index (κ1) is 14.6. The monoisotopic (exact) mass is 285 g/mol. The fourth-order valence-electron chi connectivity index (χ4n) is 1.25. The minimum Gasteiger partial charge on any atom is -0.351 e. The van der Waals surface area contributed by atoms with Crippen LogP contribution in [0.25, 0.3) is 0 Å². The molecule has 0 aromatic heterocycles. The van der Waals surface area contributed by atoms with Gasteiger partial charge in [-0.3, -0.25) is 4.79 Å². The van der Waals surface area contributed by atoms with Crippen LogP contribution >= 0.6 is 10.7 Å². The molecule has 1 rings (SSSR count). The Hall–Kier alpha value is -1.51. The van der Waals surface area contributed by atoms with Crippen LogP contribution in [0, 0.1) is 11.8 Å². The maximum absolute atomic E-state index is 11.7. The lowest BCUT2D eigenvalue weighted by atomic mass is 10.2. The van der Waals surface area contributed by atoms with E-state index in [-0.39, 0.29) is 16.4 Å². The maximum atomic E-state index is 11.7. The van der Waals surface area contributed by atoms with Crippen molar-refractivity contribution in [2.24, 2.45) is 0 Å². The summed E-state index contributed by atoms with van der Waals surface area (Å²) in [6.07, 6.45) is 0.551. The van der Waals surface area contributed by atoms with Gasteiger partial charge in [0, 0.05) is 29.2 Å². The minimum atomic E-state index is -3.82. The normalized spacial score (nSPS) is 10.3. The van der Waals surface area contributed by atoms with Gasteiger partial charge in [0.2, 0.25) is 0 Å². The number of rotatable bonds is 4. The van der Waals surface area contributed by atoms with Crippen LogP contribution in [0.5, 0.6) is 0 Å². The number of nitrogens with one attached hydrogen (secondary N) is 1. The summed E-state index contributed by atoms with van der Waals surface area (Å²) in [6, 6.07) is 5.56. The van der Waals surface area contributed by atoms with Crippen molar-refractivity contribution in [3.05, 3.63) is 29.8 Å². The largest absolute Gasteiger partial charge is 0.351 e. The zero-order valence-electron chi connectivity index (χ0n) is 9.73. The van der Waals surface area contributed by atoms with Crippen molar-refractivity contribution in [2.45, 2.75) is 18.2 Å². The summed E-state index contributed by atoms with van der Waals surface area (Å²) < 4.78 is 22.2. The summed E-state index contributed by atoms with van der Waals surface area (Å²) in [6.45, 7) is 2.13. The number of carbonyl (C=O) groups excluding carboxylic acids is 1. The van der Waals surface area contributed by atoms with E-state index >= 15 is 0 Å². The molecule has 0 heterocycles. The van der Waals surface area contributed by atoms with Crippen LogP contribution < -0.4 is 5.32 Å². The van der Waals surface area contributed by atoms with Crippen molar-refractivity contribution in [2.75, 3.05) is 6.54 Å². The van der Waals surface area contributed by atoms with Crippen LogP contribution in [0.1, 0.15) is 23.7 Å². The highest BCUT2D eigenvalue weighted by Crippen LogP contribution is 2.15. The van der Waals surface area contributed by atoms with Crippen molar-refractivity contribution < 1.29 is 13.2 Å². The second kappa shape index (κ2) is 6.43. The van der Waals surface area contributed by atoms with Crippen molar-refractivity contribution in [1.82, 2.24) is 5.32 Å². The third kappa shape index (κ3) is 4.40. The molecule has 0 aliphatic carbocycles. The zero-order chi connectivity index (χ0) is 13.6. The van der Waals surface area contributed by atoms with E-state index in [2.05, 4.69) is 17.2 Å². The Morgan fingerprint density at radius 3 is 2.78 bits per heavy atom. The zero-order valence-corrected chi connectivity index (χ0v) is 11.3. The molecule has 1 amide bonds. The predicted octanol–water partition coefficient (Wildman–Crippen LogP) is 1.76. The third-order valence-corrected chi connectivity index (χ3v) is 3.44. The molecule has 18 heavy (non-hydrogen) atoms. The molecule has 4 nitrogen and oxygen atoms in total. The smallest absolute Gasteiger partial charge is 0.261 e. The standard InChI is InChI=1S/C12H12ClNO3S/c1-2-3-4-8-14-12(15)10-6-5-7-11(9-10)18(13,16)17/h5-7,9H,4,8H2,1H3,(H,14,15). The topological polar surface area (TPSA) is 63.2 Å². The van der Waals surface area contributed by atoms with Gasteiger partial charge in [0.25, 0.3) is 15.0 Å². The highest BCUT2D eigenvalue weighted by atomic mass is 35.7.